The van der Waals surface area contributed by atoms with Crippen molar-refractivity contribution >= 4 is 23.4 Å². The molecular weight excluding hydrogens is 502 g/mol. The topological polar surface area (TPSA) is 71.1 Å². The fourth-order valence-corrected chi connectivity index (χ4v) is 4.49. The SMILES string of the molecule is O=C(NCCN1CCOCC1)[C@@H](Cc1ccccc1)N(Cc1ccc(Cl)cc1)C(=O)COc1ccccc1. The normalized spacial score (nSPS) is 14.4. The number of morpholine rings is 1. The van der Waals surface area contributed by atoms with E-state index >= 15 is 0 Å². The van der Waals surface area contributed by atoms with Crippen molar-refractivity contribution < 1.29 is 19.1 Å². The molecule has 1 aliphatic rings. The van der Waals surface area contributed by atoms with E-state index in [0.29, 0.717) is 37.0 Å². The van der Waals surface area contributed by atoms with E-state index < -0.39 is 6.04 Å². The van der Waals surface area contributed by atoms with Crippen LogP contribution in [-0.2, 0) is 27.3 Å². The van der Waals surface area contributed by atoms with Crippen molar-refractivity contribution in [2.24, 2.45) is 0 Å². The number of carbonyl (C=O) groups is 2. The first-order chi connectivity index (χ1) is 18.6. The van der Waals surface area contributed by atoms with Crippen LogP contribution in [0.15, 0.2) is 84.9 Å². The van der Waals surface area contributed by atoms with Crippen molar-refractivity contribution in [3.63, 3.8) is 0 Å². The molecule has 3 aromatic rings. The highest BCUT2D eigenvalue weighted by molar-refractivity contribution is 6.30. The molecule has 1 saturated heterocycles. The summed E-state index contributed by atoms with van der Waals surface area (Å²) < 4.78 is 11.2. The Labute approximate surface area is 229 Å². The second-order valence-corrected chi connectivity index (χ2v) is 9.64. The Morgan fingerprint density at radius 3 is 2.26 bits per heavy atom. The summed E-state index contributed by atoms with van der Waals surface area (Å²) >= 11 is 6.09. The third-order valence-corrected chi connectivity index (χ3v) is 6.73. The quantitative estimate of drug-likeness (QED) is 0.382. The zero-order valence-corrected chi connectivity index (χ0v) is 22.2. The predicted octanol–water partition coefficient (Wildman–Crippen LogP) is 3.81. The molecule has 4 rings (SSSR count). The first-order valence-electron chi connectivity index (χ1n) is 12.9. The summed E-state index contributed by atoms with van der Waals surface area (Å²) in [6.07, 6.45) is 0.384. The molecule has 3 aromatic carbocycles. The molecule has 0 unspecified atom stereocenters. The molecule has 0 saturated carbocycles. The number of halogens is 1. The van der Waals surface area contributed by atoms with Crippen LogP contribution < -0.4 is 10.1 Å². The molecule has 1 atom stereocenters. The molecule has 38 heavy (non-hydrogen) atoms. The smallest absolute Gasteiger partial charge is 0.261 e. The van der Waals surface area contributed by atoms with Crippen molar-refractivity contribution in [1.82, 2.24) is 15.1 Å². The second kappa shape index (κ2) is 14.5. The summed E-state index contributed by atoms with van der Waals surface area (Å²) in [5, 5.41) is 3.69. The minimum atomic E-state index is -0.718. The lowest BCUT2D eigenvalue weighted by Crippen LogP contribution is -2.52. The minimum absolute atomic E-state index is 0.177. The van der Waals surface area contributed by atoms with Gasteiger partial charge < -0.3 is 19.7 Å². The Hall–Kier alpha value is -3.39. The molecule has 1 aliphatic heterocycles. The van der Waals surface area contributed by atoms with E-state index in [2.05, 4.69) is 10.2 Å². The summed E-state index contributed by atoms with van der Waals surface area (Å²) in [5.74, 6) is 0.138. The van der Waals surface area contributed by atoms with Gasteiger partial charge in [-0.15, -0.1) is 0 Å². The van der Waals surface area contributed by atoms with E-state index in [1.807, 2.05) is 60.7 Å². The molecular formula is C30H34ClN3O4. The number of nitrogens with one attached hydrogen (secondary N) is 1. The first-order valence-corrected chi connectivity index (χ1v) is 13.3. The standard InChI is InChI=1S/C30H34ClN3O4/c31-26-13-11-25(12-14-26)22-34(29(35)23-38-27-9-5-2-6-10-27)28(21-24-7-3-1-4-8-24)30(36)32-15-16-33-17-19-37-20-18-33/h1-14,28H,15-23H2,(H,32,36)/t28-/m1/s1. The van der Waals surface area contributed by atoms with Crippen LogP contribution in [0.3, 0.4) is 0 Å². The highest BCUT2D eigenvalue weighted by atomic mass is 35.5. The third-order valence-electron chi connectivity index (χ3n) is 6.47. The number of hydrogen-bond donors (Lipinski definition) is 1. The Morgan fingerprint density at radius 1 is 0.921 bits per heavy atom. The van der Waals surface area contributed by atoms with Crippen LogP contribution in [0.4, 0.5) is 0 Å². The Bertz CT molecular complexity index is 1140. The Morgan fingerprint density at radius 2 is 1.58 bits per heavy atom. The van der Waals surface area contributed by atoms with Gasteiger partial charge in [0, 0.05) is 44.2 Å². The molecule has 7 nitrogen and oxygen atoms in total. The van der Waals surface area contributed by atoms with E-state index in [1.165, 1.54) is 0 Å². The van der Waals surface area contributed by atoms with Gasteiger partial charge in [-0.3, -0.25) is 14.5 Å². The van der Waals surface area contributed by atoms with E-state index in [4.69, 9.17) is 21.1 Å². The summed E-state index contributed by atoms with van der Waals surface area (Å²) in [4.78, 5) is 31.1. The number of carbonyl (C=O) groups excluding carboxylic acids is 2. The molecule has 0 bridgehead atoms. The van der Waals surface area contributed by atoms with Crippen molar-refractivity contribution in [1.29, 1.82) is 0 Å². The summed E-state index contributed by atoms with van der Waals surface area (Å²) in [7, 11) is 0. The predicted molar refractivity (Wildman–Crippen MR) is 148 cm³/mol. The van der Waals surface area contributed by atoms with Gasteiger partial charge in [0.25, 0.3) is 5.91 Å². The van der Waals surface area contributed by atoms with E-state index in [-0.39, 0.29) is 25.0 Å². The zero-order valence-electron chi connectivity index (χ0n) is 21.4. The maximum atomic E-state index is 13.6. The van der Waals surface area contributed by atoms with Gasteiger partial charge in [0.05, 0.1) is 13.2 Å². The van der Waals surface area contributed by atoms with Crippen LogP contribution in [0.25, 0.3) is 0 Å². The maximum absolute atomic E-state index is 13.6. The van der Waals surface area contributed by atoms with Crippen LogP contribution in [-0.4, -0.2) is 73.7 Å². The average molecular weight is 536 g/mol. The first kappa shape index (κ1) is 27.6. The van der Waals surface area contributed by atoms with E-state index in [1.54, 1.807) is 29.2 Å². The fraction of sp³-hybridized carbons (Fsp3) is 0.333. The molecule has 0 aromatic heterocycles. The van der Waals surface area contributed by atoms with Crippen molar-refractivity contribution in [2.75, 3.05) is 46.0 Å². The number of ether oxygens (including phenoxy) is 2. The Kier molecular flexibility index (Phi) is 10.6. The highest BCUT2D eigenvalue weighted by Gasteiger charge is 2.30. The molecule has 1 heterocycles. The van der Waals surface area contributed by atoms with Gasteiger partial charge in [-0.05, 0) is 35.4 Å². The largest absolute Gasteiger partial charge is 0.484 e. The number of para-hydroxylation sites is 1. The number of nitrogens with zero attached hydrogens (tertiary/aromatic N) is 2. The molecule has 0 spiro atoms. The van der Waals surface area contributed by atoms with Crippen LogP contribution in [0.2, 0.25) is 5.02 Å². The van der Waals surface area contributed by atoms with Gasteiger partial charge in [-0.1, -0.05) is 72.3 Å². The molecule has 200 valence electrons. The number of rotatable bonds is 12. The fourth-order valence-electron chi connectivity index (χ4n) is 4.36. The van der Waals surface area contributed by atoms with Gasteiger partial charge in [0.1, 0.15) is 11.8 Å². The Balaban J connectivity index is 1.53. The maximum Gasteiger partial charge on any atom is 0.261 e. The number of hydrogen-bond acceptors (Lipinski definition) is 5. The molecule has 0 aliphatic carbocycles. The van der Waals surface area contributed by atoms with E-state index in [0.717, 1.165) is 30.8 Å². The van der Waals surface area contributed by atoms with E-state index in [9.17, 15) is 9.59 Å². The second-order valence-electron chi connectivity index (χ2n) is 9.20. The van der Waals surface area contributed by atoms with Crippen molar-refractivity contribution in [3.05, 3.63) is 101 Å². The van der Waals surface area contributed by atoms with Crippen molar-refractivity contribution in [2.45, 2.75) is 19.0 Å². The van der Waals surface area contributed by atoms with Crippen molar-refractivity contribution in [3.8, 4) is 5.75 Å². The number of benzene rings is 3. The van der Waals surface area contributed by atoms with Crippen LogP contribution >= 0.6 is 11.6 Å². The lowest BCUT2D eigenvalue weighted by Gasteiger charge is -2.32. The van der Waals surface area contributed by atoms with Gasteiger partial charge in [0.2, 0.25) is 5.91 Å². The summed E-state index contributed by atoms with van der Waals surface area (Å²) in [6, 6.07) is 25.5. The van der Waals surface area contributed by atoms with Gasteiger partial charge in [0.15, 0.2) is 6.61 Å². The zero-order chi connectivity index (χ0) is 26.6. The van der Waals surface area contributed by atoms with Crippen LogP contribution in [0, 0.1) is 0 Å². The summed E-state index contributed by atoms with van der Waals surface area (Å²) in [5.41, 5.74) is 1.85. The van der Waals surface area contributed by atoms with Gasteiger partial charge in [-0.25, -0.2) is 0 Å². The minimum Gasteiger partial charge on any atom is -0.484 e. The molecule has 2 amide bonds. The molecule has 1 fully saturated rings. The molecule has 8 heteroatoms. The molecule has 0 radical (unpaired) electrons. The van der Waals surface area contributed by atoms with Crippen LogP contribution in [0.1, 0.15) is 11.1 Å². The highest BCUT2D eigenvalue weighted by Crippen LogP contribution is 2.18. The van der Waals surface area contributed by atoms with Crippen LogP contribution in [0.5, 0.6) is 5.75 Å². The summed E-state index contributed by atoms with van der Waals surface area (Å²) in [6.45, 7) is 4.41. The lowest BCUT2D eigenvalue weighted by atomic mass is 10.0. The molecule has 1 N–H and O–H groups in total. The van der Waals surface area contributed by atoms with Gasteiger partial charge in [-0.2, -0.15) is 0 Å². The monoisotopic (exact) mass is 535 g/mol. The third kappa shape index (κ3) is 8.58. The number of amides is 2. The van der Waals surface area contributed by atoms with Gasteiger partial charge >= 0.3 is 0 Å². The lowest BCUT2D eigenvalue weighted by molar-refractivity contribution is -0.142. The average Bonchev–Trinajstić information content (AvgIpc) is 2.96.